The zero-order valence-electron chi connectivity index (χ0n) is 15.5. The first-order valence-electron chi connectivity index (χ1n) is 8.85. The maximum absolute atomic E-state index is 13.9. The van der Waals surface area contributed by atoms with E-state index in [1.807, 2.05) is 0 Å². The summed E-state index contributed by atoms with van der Waals surface area (Å²) in [6.07, 6.45) is -0.816. The molecule has 10 heteroatoms. The van der Waals surface area contributed by atoms with Gasteiger partial charge in [-0.1, -0.05) is 35.3 Å². The number of benzene rings is 2. The van der Waals surface area contributed by atoms with Gasteiger partial charge in [0.1, 0.15) is 16.5 Å². The molecule has 1 amide bonds. The quantitative estimate of drug-likeness (QED) is 0.685. The summed E-state index contributed by atoms with van der Waals surface area (Å²) >= 11 is 11.9. The second-order valence-corrected chi connectivity index (χ2v) is 9.24. The van der Waals surface area contributed by atoms with Crippen molar-refractivity contribution in [3.05, 3.63) is 58.3 Å². The lowest BCUT2D eigenvalue weighted by molar-refractivity contribution is -0.139. The molecule has 0 aliphatic carbocycles. The molecular formula is C19H19Cl2FN2O4S. The number of ether oxygens (including phenoxy) is 1. The van der Waals surface area contributed by atoms with Crippen LogP contribution in [0.4, 0.5) is 4.39 Å². The second-order valence-electron chi connectivity index (χ2n) is 6.49. The Balaban J connectivity index is 1.62. The number of rotatable bonds is 5. The molecule has 3 rings (SSSR count). The fourth-order valence-corrected chi connectivity index (χ4v) is 4.95. The van der Waals surface area contributed by atoms with Gasteiger partial charge in [-0.3, -0.25) is 4.79 Å². The van der Waals surface area contributed by atoms with Gasteiger partial charge in [-0.2, -0.15) is 4.31 Å². The first-order chi connectivity index (χ1) is 13.7. The molecule has 0 radical (unpaired) electrons. The Morgan fingerprint density at radius 3 is 2.38 bits per heavy atom. The lowest BCUT2D eigenvalue weighted by atomic mass is 10.2. The van der Waals surface area contributed by atoms with Crippen molar-refractivity contribution in [1.82, 2.24) is 9.21 Å². The van der Waals surface area contributed by atoms with Crippen molar-refractivity contribution >= 4 is 39.1 Å². The van der Waals surface area contributed by atoms with E-state index in [2.05, 4.69) is 0 Å². The number of piperazine rings is 1. The van der Waals surface area contributed by atoms with Gasteiger partial charge < -0.3 is 9.64 Å². The maximum Gasteiger partial charge on any atom is 0.263 e. The summed E-state index contributed by atoms with van der Waals surface area (Å²) in [4.78, 5) is 13.8. The summed E-state index contributed by atoms with van der Waals surface area (Å²) in [6, 6.07) is 9.93. The molecule has 1 fully saturated rings. The lowest BCUT2D eigenvalue weighted by Gasteiger charge is -2.35. The minimum absolute atomic E-state index is 0.0663. The molecule has 1 atom stereocenters. The summed E-state index contributed by atoms with van der Waals surface area (Å²) in [5.41, 5.74) is 0. The number of sulfonamides is 1. The Kier molecular flexibility index (Phi) is 6.68. The van der Waals surface area contributed by atoms with Crippen LogP contribution in [0, 0.1) is 5.82 Å². The molecular weight excluding hydrogens is 442 g/mol. The topological polar surface area (TPSA) is 66.9 Å². The number of hydrogen-bond donors (Lipinski definition) is 0. The molecule has 29 heavy (non-hydrogen) atoms. The maximum atomic E-state index is 13.9. The standard InChI is InChI=1S/C19H19Cl2FN2O4S/c1-13(28-17-7-6-14(20)12-15(17)21)19(25)23-8-10-24(11-9-23)29(26,27)18-5-3-2-4-16(18)22/h2-7,12-13H,8-11H2,1H3. The Morgan fingerprint density at radius 1 is 1.10 bits per heavy atom. The lowest BCUT2D eigenvalue weighted by Crippen LogP contribution is -2.53. The van der Waals surface area contributed by atoms with Crippen LogP contribution in [0.5, 0.6) is 5.75 Å². The summed E-state index contributed by atoms with van der Waals surface area (Å²) < 4.78 is 46.0. The van der Waals surface area contributed by atoms with Gasteiger partial charge in [0.25, 0.3) is 5.91 Å². The smallest absolute Gasteiger partial charge is 0.263 e. The number of hydrogen-bond acceptors (Lipinski definition) is 4. The van der Waals surface area contributed by atoms with Crippen LogP contribution in [0.1, 0.15) is 6.92 Å². The average molecular weight is 461 g/mol. The largest absolute Gasteiger partial charge is 0.479 e. The van der Waals surface area contributed by atoms with Crippen molar-refractivity contribution in [2.24, 2.45) is 0 Å². The second kappa shape index (κ2) is 8.87. The molecule has 6 nitrogen and oxygen atoms in total. The van der Waals surface area contributed by atoms with Gasteiger partial charge in [-0.25, -0.2) is 12.8 Å². The third-order valence-corrected chi connectivity index (χ3v) is 7.01. The van der Waals surface area contributed by atoms with E-state index in [4.69, 9.17) is 27.9 Å². The van der Waals surface area contributed by atoms with E-state index in [0.29, 0.717) is 10.8 Å². The normalized spacial score (nSPS) is 16.5. The van der Waals surface area contributed by atoms with Gasteiger partial charge in [0.15, 0.2) is 6.10 Å². The van der Waals surface area contributed by atoms with E-state index in [0.717, 1.165) is 6.07 Å². The van der Waals surface area contributed by atoms with Crippen LogP contribution in [0.25, 0.3) is 0 Å². The molecule has 1 aliphatic rings. The van der Waals surface area contributed by atoms with Crippen LogP contribution in [-0.4, -0.2) is 55.8 Å². The fourth-order valence-electron chi connectivity index (χ4n) is 3.01. The fraction of sp³-hybridized carbons (Fsp3) is 0.316. The zero-order valence-corrected chi connectivity index (χ0v) is 17.8. The third-order valence-electron chi connectivity index (χ3n) is 4.55. The van der Waals surface area contributed by atoms with Gasteiger partial charge in [0.05, 0.1) is 5.02 Å². The number of carbonyl (C=O) groups excluding carboxylic acids is 1. The molecule has 1 unspecified atom stereocenters. The molecule has 2 aromatic rings. The Bertz CT molecular complexity index is 1010. The molecule has 1 saturated heterocycles. The molecule has 2 aromatic carbocycles. The Labute approximate surface area is 178 Å². The van der Waals surface area contributed by atoms with E-state index in [-0.39, 0.29) is 42.0 Å². The molecule has 0 spiro atoms. The van der Waals surface area contributed by atoms with Crippen LogP contribution in [0.15, 0.2) is 47.4 Å². The minimum Gasteiger partial charge on any atom is -0.479 e. The predicted molar refractivity (Wildman–Crippen MR) is 108 cm³/mol. The monoisotopic (exact) mass is 460 g/mol. The summed E-state index contributed by atoms with van der Waals surface area (Å²) in [6.45, 7) is 2.08. The van der Waals surface area contributed by atoms with E-state index >= 15 is 0 Å². The zero-order chi connectivity index (χ0) is 21.2. The molecule has 0 aromatic heterocycles. The molecule has 156 valence electrons. The van der Waals surface area contributed by atoms with Gasteiger partial charge in [0.2, 0.25) is 10.0 Å². The van der Waals surface area contributed by atoms with Gasteiger partial charge in [-0.05, 0) is 37.3 Å². The van der Waals surface area contributed by atoms with Crippen molar-refractivity contribution in [2.45, 2.75) is 17.9 Å². The summed E-state index contributed by atoms with van der Waals surface area (Å²) in [7, 11) is -3.96. The molecule has 0 saturated carbocycles. The number of halogens is 3. The van der Waals surface area contributed by atoms with Gasteiger partial charge in [-0.15, -0.1) is 0 Å². The van der Waals surface area contributed by atoms with Crippen molar-refractivity contribution < 1.29 is 22.3 Å². The Hall–Kier alpha value is -1.87. The highest BCUT2D eigenvalue weighted by Crippen LogP contribution is 2.28. The van der Waals surface area contributed by atoms with Crippen molar-refractivity contribution in [1.29, 1.82) is 0 Å². The van der Waals surface area contributed by atoms with E-state index < -0.39 is 21.9 Å². The summed E-state index contributed by atoms with van der Waals surface area (Å²) in [5.74, 6) is -0.760. The third kappa shape index (κ3) is 4.83. The van der Waals surface area contributed by atoms with E-state index in [1.54, 1.807) is 19.1 Å². The number of amides is 1. The van der Waals surface area contributed by atoms with Crippen LogP contribution in [0.3, 0.4) is 0 Å². The highest BCUT2D eigenvalue weighted by atomic mass is 35.5. The number of carbonyl (C=O) groups is 1. The van der Waals surface area contributed by atoms with E-state index in [9.17, 15) is 17.6 Å². The van der Waals surface area contributed by atoms with E-state index in [1.165, 1.54) is 33.5 Å². The highest BCUT2D eigenvalue weighted by Gasteiger charge is 2.33. The summed E-state index contributed by atoms with van der Waals surface area (Å²) in [5, 5.41) is 0.742. The number of nitrogens with zero attached hydrogens (tertiary/aromatic N) is 2. The SMILES string of the molecule is CC(Oc1ccc(Cl)cc1Cl)C(=O)N1CCN(S(=O)(=O)c2ccccc2F)CC1. The van der Waals surface area contributed by atoms with Gasteiger partial charge >= 0.3 is 0 Å². The van der Waals surface area contributed by atoms with Crippen molar-refractivity contribution in [3.8, 4) is 5.75 Å². The molecule has 0 N–H and O–H groups in total. The highest BCUT2D eigenvalue weighted by molar-refractivity contribution is 7.89. The van der Waals surface area contributed by atoms with Crippen molar-refractivity contribution in [2.75, 3.05) is 26.2 Å². The van der Waals surface area contributed by atoms with Crippen LogP contribution < -0.4 is 4.74 Å². The first-order valence-corrected chi connectivity index (χ1v) is 11.0. The van der Waals surface area contributed by atoms with Crippen LogP contribution >= 0.6 is 23.2 Å². The molecule has 1 heterocycles. The van der Waals surface area contributed by atoms with Crippen LogP contribution in [-0.2, 0) is 14.8 Å². The van der Waals surface area contributed by atoms with Crippen molar-refractivity contribution in [3.63, 3.8) is 0 Å². The predicted octanol–water partition coefficient (Wildman–Crippen LogP) is 3.43. The molecule has 1 aliphatic heterocycles. The first kappa shape index (κ1) is 21.8. The Morgan fingerprint density at radius 2 is 1.76 bits per heavy atom. The van der Waals surface area contributed by atoms with Crippen LogP contribution in [0.2, 0.25) is 10.0 Å². The van der Waals surface area contributed by atoms with Gasteiger partial charge in [0, 0.05) is 31.2 Å². The minimum atomic E-state index is -3.96. The average Bonchev–Trinajstić information content (AvgIpc) is 2.69. The molecule has 0 bridgehead atoms.